The van der Waals surface area contributed by atoms with Gasteiger partial charge in [-0.1, -0.05) is 36.4 Å². The van der Waals surface area contributed by atoms with Crippen LogP contribution < -0.4 is 15.2 Å². The molecule has 0 bridgehead atoms. The van der Waals surface area contributed by atoms with Gasteiger partial charge in [0.1, 0.15) is 12.4 Å². The number of aryl methyl sites for hydroxylation is 1. The van der Waals surface area contributed by atoms with Crippen LogP contribution in [0.4, 0.5) is 5.69 Å². The maximum Gasteiger partial charge on any atom is 0.251 e. The summed E-state index contributed by atoms with van der Waals surface area (Å²) in [5, 5.41) is 4.62. The van der Waals surface area contributed by atoms with E-state index in [0.717, 1.165) is 74.3 Å². The normalized spacial score (nSPS) is 14.4. The van der Waals surface area contributed by atoms with Gasteiger partial charge >= 0.3 is 0 Å². The molecule has 1 aliphatic heterocycles. The van der Waals surface area contributed by atoms with Gasteiger partial charge in [0.15, 0.2) is 0 Å². The Hall–Kier alpha value is -3.61. The van der Waals surface area contributed by atoms with Gasteiger partial charge in [-0.15, -0.1) is 11.3 Å². The van der Waals surface area contributed by atoms with Crippen molar-refractivity contribution >= 4 is 38.0 Å². The number of rotatable bonds is 9. The smallest absolute Gasteiger partial charge is 0.251 e. The van der Waals surface area contributed by atoms with Crippen LogP contribution in [0.2, 0.25) is 0 Å². The standard InChI is InChI=1S/C32H33N3O2S/c36-32-14-12-26-11-13-27(37-24-25-7-2-1-3-8-25)23-30(26)35(32)17-5-4-16-33-18-20-34(21-19-33)29-9-6-10-31-28(29)15-22-38-31/h1-3,6-15,22-23H,4-5,16-21,24H2. The number of aromatic nitrogens is 1. The van der Waals surface area contributed by atoms with E-state index in [4.69, 9.17) is 4.74 Å². The molecule has 194 valence electrons. The molecule has 0 N–H and O–H groups in total. The Morgan fingerprint density at radius 1 is 0.789 bits per heavy atom. The summed E-state index contributed by atoms with van der Waals surface area (Å²) in [7, 11) is 0. The summed E-state index contributed by atoms with van der Waals surface area (Å²) >= 11 is 1.81. The first kappa shape index (κ1) is 24.7. The van der Waals surface area contributed by atoms with Crippen LogP contribution in [0.3, 0.4) is 0 Å². The Labute approximate surface area is 227 Å². The predicted octanol–water partition coefficient (Wildman–Crippen LogP) is 6.40. The molecule has 1 fully saturated rings. The monoisotopic (exact) mass is 523 g/mol. The number of unbranched alkanes of at least 4 members (excludes halogenated alkanes) is 1. The Balaban J connectivity index is 1.03. The maximum atomic E-state index is 12.8. The minimum atomic E-state index is 0.0499. The van der Waals surface area contributed by atoms with E-state index in [1.54, 1.807) is 6.07 Å². The molecular weight excluding hydrogens is 490 g/mol. The Morgan fingerprint density at radius 2 is 1.61 bits per heavy atom. The fourth-order valence-corrected chi connectivity index (χ4v) is 6.21. The number of ether oxygens (including phenoxy) is 1. The third-order valence-corrected chi connectivity index (χ3v) is 8.39. The van der Waals surface area contributed by atoms with E-state index in [1.807, 2.05) is 58.4 Å². The SMILES string of the molecule is O=c1ccc2ccc(OCc3ccccc3)cc2n1CCCCN1CCN(c2cccc3sccc23)CC1. The van der Waals surface area contributed by atoms with Crippen LogP contribution in [-0.2, 0) is 13.2 Å². The highest BCUT2D eigenvalue weighted by Crippen LogP contribution is 2.31. The average molecular weight is 524 g/mol. The molecule has 5 nitrogen and oxygen atoms in total. The summed E-state index contributed by atoms with van der Waals surface area (Å²) in [5.74, 6) is 0.789. The molecule has 0 aliphatic carbocycles. The Kier molecular flexibility index (Phi) is 7.42. The van der Waals surface area contributed by atoms with E-state index >= 15 is 0 Å². The van der Waals surface area contributed by atoms with Crippen LogP contribution in [0, 0.1) is 0 Å². The second kappa shape index (κ2) is 11.4. The third-order valence-electron chi connectivity index (χ3n) is 7.50. The minimum absolute atomic E-state index is 0.0499. The van der Waals surface area contributed by atoms with Gasteiger partial charge < -0.3 is 14.2 Å². The van der Waals surface area contributed by atoms with Crippen molar-refractivity contribution in [2.45, 2.75) is 26.0 Å². The van der Waals surface area contributed by atoms with E-state index in [0.29, 0.717) is 6.61 Å². The molecule has 0 amide bonds. The molecule has 0 saturated carbocycles. The quantitative estimate of drug-likeness (QED) is 0.210. The number of benzene rings is 3. The first-order valence-corrected chi connectivity index (χ1v) is 14.4. The van der Waals surface area contributed by atoms with Gasteiger partial charge in [0.25, 0.3) is 5.56 Å². The van der Waals surface area contributed by atoms with Crippen LogP contribution in [-0.4, -0.2) is 42.2 Å². The molecule has 0 atom stereocenters. The van der Waals surface area contributed by atoms with Crippen LogP contribution in [0.5, 0.6) is 5.75 Å². The lowest BCUT2D eigenvalue weighted by Gasteiger charge is -2.36. The number of hydrogen-bond donors (Lipinski definition) is 0. The van der Waals surface area contributed by atoms with Crippen molar-refractivity contribution in [3.8, 4) is 5.75 Å². The van der Waals surface area contributed by atoms with Crippen molar-refractivity contribution in [3.05, 3.63) is 106 Å². The molecule has 2 aromatic heterocycles. The van der Waals surface area contributed by atoms with E-state index in [9.17, 15) is 4.79 Å². The topological polar surface area (TPSA) is 37.7 Å². The molecule has 0 unspecified atom stereocenters. The molecule has 0 radical (unpaired) electrons. The van der Waals surface area contributed by atoms with Crippen LogP contribution in [0.15, 0.2) is 95.1 Å². The van der Waals surface area contributed by atoms with Crippen LogP contribution >= 0.6 is 11.3 Å². The van der Waals surface area contributed by atoms with E-state index in [-0.39, 0.29) is 5.56 Å². The zero-order valence-corrected chi connectivity index (χ0v) is 22.4. The number of fused-ring (bicyclic) bond motifs is 2. The zero-order valence-electron chi connectivity index (χ0n) is 21.6. The maximum absolute atomic E-state index is 12.8. The molecule has 5 aromatic rings. The molecule has 38 heavy (non-hydrogen) atoms. The van der Waals surface area contributed by atoms with E-state index in [2.05, 4.69) is 51.6 Å². The predicted molar refractivity (Wildman–Crippen MR) is 159 cm³/mol. The Bertz CT molecular complexity index is 1570. The summed E-state index contributed by atoms with van der Waals surface area (Å²) < 4.78 is 9.31. The van der Waals surface area contributed by atoms with Gasteiger partial charge in [-0.3, -0.25) is 9.69 Å². The fourth-order valence-electron chi connectivity index (χ4n) is 5.40. The number of hydrogen-bond acceptors (Lipinski definition) is 5. The van der Waals surface area contributed by atoms with E-state index in [1.165, 1.54) is 15.8 Å². The molecule has 3 aromatic carbocycles. The number of nitrogens with zero attached hydrogens (tertiary/aromatic N) is 3. The molecule has 1 saturated heterocycles. The zero-order chi connectivity index (χ0) is 25.7. The van der Waals surface area contributed by atoms with Crippen molar-refractivity contribution in [3.63, 3.8) is 0 Å². The summed E-state index contributed by atoms with van der Waals surface area (Å²) in [6, 6.07) is 28.7. The first-order valence-electron chi connectivity index (χ1n) is 13.5. The largest absolute Gasteiger partial charge is 0.489 e. The second-order valence-corrected chi connectivity index (χ2v) is 10.9. The molecular formula is C32H33N3O2S. The lowest BCUT2D eigenvalue weighted by atomic mass is 10.1. The van der Waals surface area contributed by atoms with Gasteiger partial charge in [-0.2, -0.15) is 0 Å². The first-order chi connectivity index (χ1) is 18.7. The van der Waals surface area contributed by atoms with Gasteiger partial charge in [0.05, 0.1) is 5.52 Å². The lowest BCUT2D eigenvalue weighted by Crippen LogP contribution is -2.46. The lowest BCUT2D eigenvalue weighted by molar-refractivity contribution is 0.251. The van der Waals surface area contributed by atoms with Gasteiger partial charge in [0.2, 0.25) is 0 Å². The summed E-state index contributed by atoms with van der Waals surface area (Å²) in [5.41, 5.74) is 3.49. The second-order valence-electron chi connectivity index (χ2n) is 9.96. The summed E-state index contributed by atoms with van der Waals surface area (Å²) in [4.78, 5) is 17.9. The van der Waals surface area contributed by atoms with Crippen LogP contribution in [0.25, 0.3) is 21.0 Å². The molecule has 3 heterocycles. The highest BCUT2D eigenvalue weighted by Gasteiger charge is 2.18. The van der Waals surface area contributed by atoms with Crippen molar-refractivity contribution in [1.82, 2.24) is 9.47 Å². The molecule has 6 heteroatoms. The highest BCUT2D eigenvalue weighted by atomic mass is 32.1. The molecule has 6 rings (SSSR count). The summed E-state index contributed by atoms with van der Waals surface area (Å²) in [6.07, 6.45) is 2.05. The summed E-state index contributed by atoms with van der Waals surface area (Å²) in [6.45, 7) is 6.58. The van der Waals surface area contributed by atoms with Crippen molar-refractivity contribution in [2.24, 2.45) is 0 Å². The average Bonchev–Trinajstić information content (AvgIpc) is 3.45. The van der Waals surface area contributed by atoms with Crippen molar-refractivity contribution in [1.29, 1.82) is 0 Å². The Morgan fingerprint density at radius 3 is 2.47 bits per heavy atom. The minimum Gasteiger partial charge on any atom is -0.489 e. The number of pyridine rings is 1. The van der Waals surface area contributed by atoms with Gasteiger partial charge in [-0.05, 0) is 72.1 Å². The van der Waals surface area contributed by atoms with Gasteiger partial charge in [0, 0.05) is 60.6 Å². The highest BCUT2D eigenvalue weighted by molar-refractivity contribution is 7.17. The number of piperazine rings is 1. The van der Waals surface area contributed by atoms with E-state index < -0.39 is 0 Å². The van der Waals surface area contributed by atoms with Crippen LogP contribution in [0.1, 0.15) is 18.4 Å². The third kappa shape index (κ3) is 5.47. The van der Waals surface area contributed by atoms with Gasteiger partial charge in [-0.25, -0.2) is 0 Å². The fraction of sp³-hybridized carbons (Fsp3) is 0.281. The van der Waals surface area contributed by atoms with Crippen molar-refractivity contribution in [2.75, 3.05) is 37.6 Å². The molecule has 1 aliphatic rings. The number of thiophene rings is 1. The number of anilines is 1. The molecule has 0 spiro atoms. The van der Waals surface area contributed by atoms with Crippen molar-refractivity contribution < 1.29 is 4.74 Å².